The average Bonchev–Trinajstić information content (AvgIpc) is 2.75. The number of hydrogen-bond acceptors (Lipinski definition) is 5. The van der Waals surface area contributed by atoms with Gasteiger partial charge in [0.1, 0.15) is 18.8 Å². The molecule has 2 aromatic rings. The van der Waals surface area contributed by atoms with Crippen LogP contribution < -0.4 is 0 Å². The second-order valence-corrected chi connectivity index (χ2v) is 8.06. The van der Waals surface area contributed by atoms with Gasteiger partial charge >= 0.3 is 5.97 Å². The van der Waals surface area contributed by atoms with Crippen molar-refractivity contribution in [2.75, 3.05) is 13.2 Å². The van der Waals surface area contributed by atoms with Crippen molar-refractivity contribution in [3.63, 3.8) is 0 Å². The molecule has 0 bridgehead atoms. The van der Waals surface area contributed by atoms with Crippen molar-refractivity contribution in [3.05, 3.63) is 83.9 Å². The highest BCUT2D eigenvalue weighted by atomic mass is 16.5. The maximum Gasteiger partial charge on any atom is 0.311 e. The largest absolute Gasteiger partial charge is 0.461 e. The van der Waals surface area contributed by atoms with Gasteiger partial charge in [-0.3, -0.25) is 4.79 Å². The smallest absolute Gasteiger partial charge is 0.311 e. The number of carbonyl (C=O) groups excluding carboxylic acids is 1. The van der Waals surface area contributed by atoms with Crippen molar-refractivity contribution in [2.24, 2.45) is 5.41 Å². The van der Waals surface area contributed by atoms with Crippen LogP contribution in [0.25, 0.3) is 0 Å². The number of hydrogen-bond donors (Lipinski definition) is 1. The van der Waals surface area contributed by atoms with Crippen LogP contribution in [0.3, 0.4) is 0 Å². The van der Waals surface area contributed by atoms with Gasteiger partial charge in [-0.25, -0.2) is 0 Å². The van der Waals surface area contributed by atoms with Crippen molar-refractivity contribution in [1.29, 1.82) is 0 Å². The fourth-order valence-electron chi connectivity index (χ4n) is 2.61. The maximum absolute atomic E-state index is 11.9. The van der Waals surface area contributed by atoms with Crippen molar-refractivity contribution >= 4 is 5.97 Å². The molecule has 162 valence electrons. The summed E-state index contributed by atoms with van der Waals surface area (Å²) < 4.78 is 17.2. The van der Waals surface area contributed by atoms with Crippen molar-refractivity contribution < 1.29 is 24.1 Å². The second-order valence-electron chi connectivity index (χ2n) is 8.06. The molecule has 0 aliphatic rings. The Labute approximate surface area is 179 Å². The Morgan fingerprint density at radius 2 is 1.47 bits per heavy atom. The SMILES string of the molecule is CC(C)(C)C(=O)OC/C=C/[C@H](OCc1ccccc1)[C@H](CO)OCc1ccccc1. The monoisotopic (exact) mass is 412 g/mol. The molecule has 30 heavy (non-hydrogen) atoms. The summed E-state index contributed by atoms with van der Waals surface area (Å²) in [5, 5.41) is 9.90. The molecule has 2 rings (SSSR count). The standard InChI is InChI=1S/C25H32O5/c1-25(2,3)24(27)28-16-10-15-22(29-18-20-11-6-4-7-12-20)23(17-26)30-19-21-13-8-5-9-14-21/h4-15,22-23,26H,16-19H2,1-3H3/b15-10+/t22-,23-/m0/s1. The lowest BCUT2D eigenvalue weighted by Crippen LogP contribution is -2.33. The average molecular weight is 413 g/mol. The van der Waals surface area contributed by atoms with Crippen LogP contribution in [0.15, 0.2) is 72.8 Å². The number of aliphatic hydroxyl groups is 1. The minimum atomic E-state index is -0.552. The zero-order valence-corrected chi connectivity index (χ0v) is 18.0. The quantitative estimate of drug-likeness (QED) is 0.440. The van der Waals surface area contributed by atoms with E-state index in [-0.39, 0.29) is 19.2 Å². The summed E-state index contributed by atoms with van der Waals surface area (Å²) in [6, 6.07) is 19.6. The van der Waals surface area contributed by atoms with E-state index in [9.17, 15) is 9.90 Å². The van der Waals surface area contributed by atoms with Crippen LogP contribution in [0.1, 0.15) is 31.9 Å². The summed E-state index contributed by atoms with van der Waals surface area (Å²) in [4.78, 5) is 11.9. The van der Waals surface area contributed by atoms with E-state index in [1.165, 1.54) is 0 Å². The van der Waals surface area contributed by atoms with Crippen molar-refractivity contribution in [3.8, 4) is 0 Å². The molecule has 2 aromatic carbocycles. The van der Waals surface area contributed by atoms with E-state index in [0.29, 0.717) is 13.2 Å². The zero-order chi connectivity index (χ0) is 21.8. The predicted octanol–water partition coefficient (Wildman–Crippen LogP) is 4.30. The Hall–Kier alpha value is -2.47. The van der Waals surface area contributed by atoms with Gasteiger partial charge in [-0.05, 0) is 38.0 Å². The predicted molar refractivity (Wildman–Crippen MR) is 117 cm³/mol. The molecule has 5 heteroatoms. The van der Waals surface area contributed by atoms with Gasteiger partial charge in [0.15, 0.2) is 0 Å². The van der Waals surface area contributed by atoms with Crippen LogP contribution >= 0.6 is 0 Å². The van der Waals surface area contributed by atoms with Crippen LogP contribution in [0.5, 0.6) is 0 Å². The Kier molecular flexibility index (Phi) is 9.74. The first-order valence-corrected chi connectivity index (χ1v) is 10.2. The molecular weight excluding hydrogens is 380 g/mol. The van der Waals surface area contributed by atoms with Gasteiger partial charge in [-0.15, -0.1) is 0 Å². The Morgan fingerprint density at radius 3 is 1.97 bits per heavy atom. The highest BCUT2D eigenvalue weighted by Crippen LogP contribution is 2.16. The van der Waals surface area contributed by atoms with Crippen molar-refractivity contribution in [1.82, 2.24) is 0 Å². The third-order valence-electron chi connectivity index (χ3n) is 4.39. The van der Waals surface area contributed by atoms with Crippen LogP contribution in [0.2, 0.25) is 0 Å². The molecule has 0 aromatic heterocycles. The topological polar surface area (TPSA) is 65.0 Å². The number of aliphatic hydroxyl groups excluding tert-OH is 1. The minimum absolute atomic E-state index is 0.137. The molecule has 0 radical (unpaired) electrons. The van der Waals surface area contributed by atoms with E-state index in [1.807, 2.05) is 81.4 Å². The van der Waals surface area contributed by atoms with Gasteiger partial charge < -0.3 is 19.3 Å². The van der Waals surface area contributed by atoms with Crippen LogP contribution in [0, 0.1) is 5.41 Å². The molecule has 0 unspecified atom stereocenters. The molecule has 1 N–H and O–H groups in total. The molecule has 0 saturated carbocycles. The van der Waals surface area contributed by atoms with Gasteiger partial charge in [-0.1, -0.05) is 66.7 Å². The fourth-order valence-corrected chi connectivity index (χ4v) is 2.61. The van der Waals surface area contributed by atoms with Gasteiger partial charge in [0.2, 0.25) is 0 Å². The molecule has 0 aliphatic heterocycles. The van der Waals surface area contributed by atoms with Gasteiger partial charge in [0.25, 0.3) is 0 Å². The van der Waals surface area contributed by atoms with Gasteiger partial charge in [0.05, 0.1) is 25.2 Å². The van der Waals surface area contributed by atoms with E-state index >= 15 is 0 Å². The van der Waals surface area contributed by atoms with E-state index in [4.69, 9.17) is 14.2 Å². The Bertz CT molecular complexity index is 765. The Morgan fingerprint density at radius 1 is 0.933 bits per heavy atom. The summed E-state index contributed by atoms with van der Waals surface area (Å²) in [6.45, 7) is 6.11. The van der Waals surface area contributed by atoms with E-state index in [1.54, 1.807) is 12.2 Å². The van der Waals surface area contributed by atoms with E-state index < -0.39 is 17.6 Å². The molecule has 0 saturated heterocycles. The lowest BCUT2D eigenvalue weighted by atomic mass is 9.97. The Balaban J connectivity index is 2.00. The lowest BCUT2D eigenvalue weighted by Gasteiger charge is -2.24. The maximum atomic E-state index is 11.9. The number of ether oxygens (including phenoxy) is 3. The number of carbonyl (C=O) groups is 1. The molecular formula is C25H32O5. The van der Waals surface area contributed by atoms with E-state index in [2.05, 4.69) is 0 Å². The highest BCUT2D eigenvalue weighted by Gasteiger charge is 2.23. The van der Waals surface area contributed by atoms with Crippen LogP contribution in [-0.2, 0) is 32.2 Å². The first-order chi connectivity index (χ1) is 14.4. The molecule has 0 spiro atoms. The minimum Gasteiger partial charge on any atom is -0.461 e. The van der Waals surface area contributed by atoms with E-state index in [0.717, 1.165) is 11.1 Å². The van der Waals surface area contributed by atoms with Crippen LogP contribution in [0.4, 0.5) is 0 Å². The summed E-state index contributed by atoms with van der Waals surface area (Å²) >= 11 is 0. The van der Waals surface area contributed by atoms with Crippen molar-refractivity contribution in [2.45, 2.75) is 46.2 Å². The second kappa shape index (κ2) is 12.3. The number of benzene rings is 2. The summed E-state index contributed by atoms with van der Waals surface area (Å²) in [5.74, 6) is -0.270. The number of esters is 1. The fraction of sp³-hybridized carbons (Fsp3) is 0.400. The molecule has 0 heterocycles. The molecule has 0 fully saturated rings. The summed E-state index contributed by atoms with van der Waals surface area (Å²) in [6.07, 6.45) is 2.47. The molecule has 5 nitrogen and oxygen atoms in total. The lowest BCUT2D eigenvalue weighted by molar-refractivity contribution is -0.151. The molecule has 0 amide bonds. The highest BCUT2D eigenvalue weighted by molar-refractivity contribution is 5.75. The molecule has 2 atom stereocenters. The zero-order valence-electron chi connectivity index (χ0n) is 18.0. The number of rotatable bonds is 11. The van der Waals surface area contributed by atoms with Crippen LogP contribution in [-0.4, -0.2) is 36.5 Å². The molecule has 0 aliphatic carbocycles. The third kappa shape index (κ3) is 8.49. The van der Waals surface area contributed by atoms with Gasteiger partial charge in [0, 0.05) is 0 Å². The third-order valence-corrected chi connectivity index (χ3v) is 4.39. The normalized spacial score (nSPS) is 13.9. The first-order valence-electron chi connectivity index (χ1n) is 10.2. The summed E-state index contributed by atoms with van der Waals surface area (Å²) in [7, 11) is 0. The van der Waals surface area contributed by atoms with Gasteiger partial charge in [-0.2, -0.15) is 0 Å². The first kappa shape index (κ1) is 23.8. The summed E-state index contributed by atoms with van der Waals surface area (Å²) in [5.41, 5.74) is 1.49.